The summed E-state index contributed by atoms with van der Waals surface area (Å²) in [4.78, 5) is 4.69. The SMILES string of the molecule is COC(C)CNc1cc(CNCC(C)C)cc(C(C)C)n1. The molecule has 4 nitrogen and oxygen atoms in total. The molecule has 4 heteroatoms. The smallest absolute Gasteiger partial charge is 0.126 e. The van der Waals surface area contributed by atoms with Gasteiger partial charge in [-0.25, -0.2) is 4.98 Å². The largest absolute Gasteiger partial charge is 0.380 e. The number of hydrogen-bond acceptors (Lipinski definition) is 4. The van der Waals surface area contributed by atoms with Crippen LogP contribution in [0.2, 0.25) is 0 Å². The molecule has 2 N–H and O–H groups in total. The van der Waals surface area contributed by atoms with Crippen LogP contribution in [0.1, 0.15) is 51.8 Å². The van der Waals surface area contributed by atoms with Crippen molar-refractivity contribution in [3.8, 4) is 0 Å². The summed E-state index contributed by atoms with van der Waals surface area (Å²) in [6.45, 7) is 13.5. The molecule has 1 rings (SSSR count). The number of rotatable bonds is 9. The molecular weight excluding hydrogens is 262 g/mol. The summed E-state index contributed by atoms with van der Waals surface area (Å²) in [5, 5.41) is 6.86. The molecule has 1 heterocycles. The summed E-state index contributed by atoms with van der Waals surface area (Å²) in [5.41, 5.74) is 2.41. The molecule has 1 aromatic heterocycles. The third-order valence-corrected chi connectivity index (χ3v) is 3.35. The minimum atomic E-state index is 0.178. The third-order valence-electron chi connectivity index (χ3n) is 3.35. The predicted molar refractivity (Wildman–Crippen MR) is 89.8 cm³/mol. The molecule has 0 fully saturated rings. The second-order valence-electron chi connectivity index (χ2n) is 6.39. The van der Waals surface area contributed by atoms with Gasteiger partial charge in [0.05, 0.1) is 6.10 Å². The summed E-state index contributed by atoms with van der Waals surface area (Å²) in [6.07, 6.45) is 0.178. The van der Waals surface area contributed by atoms with Crippen LogP contribution in [0.4, 0.5) is 5.82 Å². The van der Waals surface area contributed by atoms with Crippen molar-refractivity contribution in [3.63, 3.8) is 0 Å². The molecule has 0 aromatic carbocycles. The first kappa shape index (κ1) is 17.9. The number of nitrogens with zero attached hydrogens (tertiary/aromatic N) is 1. The Morgan fingerprint density at radius 1 is 1.10 bits per heavy atom. The zero-order valence-electron chi connectivity index (χ0n) is 14.4. The lowest BCUT2D eigenvalue weighted by molar-refractivity contribution is 0.128. The Hall–Kier alpha value is -1.13. The van der Waals surface area contributed by atoms with Crippen molar-refractivity contribution in [2.45, 2.75) is 53.2 Å². The van der Waals surface area contributed by atoms with E-state index in [0.29, 0.717) is 11.8 Å². The van der Waals surface area contributed by atoms with E-state index in [1.807, 2.05) is 6.92 Å². The molecule has 1 aromatic rings. The van der Waals surface area contributed by atoms with Gasteiger partial charge in [-0.3, -0.25) is 0 Å². The van der Waals surface area contributed by atoms with E-state index >= 15 is 0 Å². The van der Waals surface area contributed by atoms with Crippen LogP contribution in [0.25, 0.3) is 0 Å². The number of aromatic nitrogens is 1. The maximum Gasteiger partial charge on any atom is 0.126 e. The van der Waals surface area contributed by atoms with Crippen molar-refractivity contribution in [1.29, 1.82) is 0 Å². The molecule has 0 aliphatic rings. The first-order valence-corrected chi connectivity index (χ1v) is 7.90. The van der Waals surface area contributed by atoms with E-state index in [1.165, 1.54) is 5.56 Å². The third kappa shape index (κ3) is 6.91. The number of nitrogens with one attached hydrogen (secondary N) is 2. The van der Waals surface area contributed by atoms with Gasteiger partial charge in [-0.05, 0) is 43.0 Å². The lowest BCUT2D eigenvalue weighted by atomic mass is 10.1. The van der Waals surface area contributed by atoms with E-state index in [-0.39, 0.29) is 6.10 Å². The van der Waals surface area contributed by atoms with Crippen molar-refractivity contribution >= 4 is 5.82 Å². The van der Waals surface area contributed by atoms with Crippen LogP contribution >= 0.6 is 0 Å². The van der Waals surface area contributed by atoms with E-state index in [1.54, 1.807) is 7.11 Å². The average molecular weight is 293 g/mol. The highest BCUT2D eigenvalue weighted by Gasteiger charge is 2.07. The molecule has 0 radical (unpaired) electrons. The van der Waals surface area contributed by atoms with Gasteiger partial charge in [0.1, 0.15) is 5.82 Å². The summed E-state index contributed by atoms with van der Waals surface area (Å²) in [7, 11) is 1.73. The normalized spacial score (nSPS) is 13.0. The Morgan fingerprint density at radius 2 is 1.81 bits per heavy atom. The van der Waals surface area contributed by atoms with Gasteiger partial charge in [0.15, 0.2) is 0 Å². The highest BCUT2D eigenvalue weighted by atomic mass is 16.5. The molecule has 0 spiro atoms. The Kier molecular flexibility index (Phi) is 7.68. The molecule has 1 atom stereocenters. The van der Waals surface area contributed by atoms with Crippen LogP contribution in [0.15, 0.2) is 12.1 Å². The molecule has 1 unspecified atom stereocenters. The molecule has 0 aliphatic heterocycles. The van der Waals surface area contributed by atoms with Crippen LogP contribution in [-0.4, -0.2) is 31.3 Å². The number of methoxy groups -OCH3 is 1. The maximum atomic E-state index is 5.27. The van der Waals surface area contributed by atoms with Gasteiger partial charge in [-0.1, -0.05) is 27.7 Å². The van der Waals surface area contributed by atoms with Crippen molar-refractivity contribution < 1.29 is 4.74 Å². The Morgan fingerprint density at radius 3 is 2.38 bits per heavy atom. The van der Waals surface area contributed by atoms with Gasteiger partial charge in [-0.2, -0.15) is 0 Å². The lowest BCUT2D eigenvalue weighted by Gasteiger charge is -2.15. The van der Waals surface area contributed by atoms with Crippen molar-refractivity contribution in [2.24, 2.45) is 5.92 Å². The predicted octanol–water partition coefficient (Wildman–Crippen LogP) is 3.40. The van der Waals surface area contributed by atoms with Gasteiger partial charge in [0.2, 0.25) is 0 Å². The minimum absolute atomic E-state index is 0.178. The molecule has 0 amide bonds. The Labute approximate surface area is 129 Å². The van der Waals surface area contributed by atoms with Crippen molar-refractivity contribution in [3.05, 3.63) is 23.4 Å². The monoisotopic (exact) mass is 293 g/mol. The van der Waals surface area contributed by atoms with E-state index in [2.05, 4.69) is 55.4 Å². The molecule has 0 saturated carbocycles. The first-order valence-electron chi connectivity index (χ1n) is 7.90. The molecule has 120 valence electrons. The average Bonchev–Trinajstić information content (AvgIpc) is 2.44. The fourth-order valence-electron chi connectivity index (χ4n) is 1.94. The summed E-state index contributed by atoms with van der Waals surface area (Å²) >= 11 is 0. The number of hydrogen-bond donors (Lipinski definition) is 2. The lowest BCUT2D eigenvalue weighted by Crippen LogP contribution is -2.21. The van der Waals surface area contributed by atoms with Crippen LogP contribution in [0.3, 0.4) is 0 Å². The number of pyridine rings is 1. The standard InChI is InChI=1S/C17H31N3O/c1-12(2)9-18-11-15-7-16(13(3)4)20-17(8-15)19-10-14(5)21-6/h7-8,12-14,18H,9-11H2,1-6H3,(H,19,20). The number of anilines is 1. The van der Waals surface area contributed by atoms with Gasteiger partial charge in [-0.15, -0.1) is 0 Å². The van der Waals surface area contributed by atoms with Crippen LogP contribution in [0, 0.1) is 5.92 Å². The minimum Gasteiger partial charge on any atom is -0.380 e. The van der Waals surface area contributed by atoms with E-state index in [9.17, 15) is 0 Å². The molecular formula is C17H31N3O. The first-order chi connectivity index (χ1) is 9.92. The molecule has 21 heavy (non-hydrogen) atoms. The van der Waals surface area contributed by atoms with Crippen molar-refractivity contribution in [2.75, 3.05) is 25.5 Å². The van der Waals surface area contributed by atoms with E-state index in [0.717, 1.165) is 31.1 Å². The van der Waals surface area contributed by atoms with Crippen LogP contribution < -0.4 is 10.6 Å². The zero-order chi connectivity index (χ0) is 15.8. The van der Waals surface area contributed by atoms with Crippen LogP contribution in [0.5, 0.6) is 0 Å². The van der Waals surface area contributed by atoms with Gasteiger partial charge in [0.25, 0.3) is 0 Å². The second-order valence-corrected chi connectivity index (χ2v) is 6.39. The second kappa shape index (κ2) is 9.00. The van der Waals surface area contributed by atoms with E-state index in [4.69, 9.17) is 4.74 Å². The fourth-order valence-corrected chi connectivity index (χ4v) is 1.94. The highest BCUT2D eigenvalue weighted by Crippen LogP contribution is 2.18. The molecule has 0 bridgehead atoms. The summed E-state index contributed by atoms with van der Waals surface area (Å²) in [5.74, 6) is 2.03. The Balaban J connectivity index is 2.75. The molecule has 0 aliphatic carbocycles. The topological polar surface area (TPSA) is 46.2 Å². The quantitative estimate of drug-likeness (QED) is 0.732. The van der Waals surface area contributed by atoms with E-state index < -0.39 is 0 Å². The fraction of sp³-hybridized carbons (Fsp3) is 0.706. The van der Waals surface area contributed by atoms with Gasteiger partial charge in [0, 0.05) is 25.9 Å². The van der Waals surface area contributed by atoms with Crippen LogP contribution in [-0.2, 0) is 11.3 Å². The van der Waals surface area contributed by atoms with Gasteiger partial charge >= 0.3 is 0 Å². The molecule has 0 saturated heterocycles. The maximum absolute atomic E-state index is 5.27. The summed E-state index contributed by atoms with van der Waals surface area (Å²) in [6, 6.07) is 4.32. The zero-order valence-corrected chi connectivity index (χ0v) is 14.4. The Bertz CT molecular complexity index is 418. The summed E-state index contributed by atoms with van der Waals surface area (Å²) < 4.78 is 5.27. The highest BCUT2D eigenvalue weighted by molar-refractivity contribution is 5.40. The number of ether oxygens (including phenoxy) is 1. The van der Waals surface area contributed by atoms with Crippen molar-refractivity contribution in [1.82, 2.24) is 10.3 Å². The van der Waals surface area contributed by atoms with Gasteiger partial charge < -0.3 is 15.4 Å².